The van der Waals surface area contributed by atoms with E-state index in [0.717, 1.165) is 32.1 Å². The van der Waals surface area contributed by atoms with E-state index < -0.39 is 0 Å². The van der Waals surface area contributed by atoms with Crippen LogP contribution in [-0.4, -0.2) is 11.2 Å². The average Bonchev–Trinajstić information content (AvgIpc) is 2.37. The minimum absolute atomic E-state index is 0.301. The van der Waals surface area contributed by atoms with Crippen molar-refractivity contribution in [3.05, 3.63) is 49.1 Å². The van der Waals surface area contributed by atoms with Gasteiger partial charge in [-0.3, -0.25) is 0 Å². The van der Waals surface area contributed by atoms with Crippen LogP contribution in [0.3, 0.4) is 0 Å². The van der Waals surface area contributed by atoms with Gasteiger partial charge in [-0.25, -0.2) is 0 Å². The van der Waals surface area contributed by atoms with E-state index in [0.29, 0.717) is 0 Å². The Kier molecular flexibility index (Phi) is 13.1. The zero-order valence-corrected chi connectivity index (χ0v) is 11.7. The first-order valence-electron chi connectivity index (χ1n) is 7.08. The van der Waals surface area contributed by atoms with Gasteiger partial charge in [0.2, 0.25) is 0 Å². The van der Waals surface area contributed by atoms with Crippen molar-refractivity contribution in [1.82, 2.24) is 0 Å². The molecule has 1 unspecified atom stereocenters. The van der Waals surface area contributed by atoms with Crippen molar-refractivity contribution >= 4 is 0 Å². The zero-order chi connectivity index (χ0) is 13.5. The zero-order valence-electron chi connectivity index (χ0n) is 11.7. The van der Waals surface area contributed by atoms with Gasteiger partial charge in [-0.05, 0) is 32.1 Å². The molecule has 1 nitrogen and oxygen atoms in total. The first kappa shape index (κ1) is 16.9. The number of hydrogen-bond acceptors (Lipinski definition) is 1. The van der Waals surface area contributed by atoms with Crippen LogP contribution in [0.5, 0.6) is 0 Å². The SMILES string of the molecule is C=CCCCCCC(O)/C=C/C=C/C/C=C/CC. The lowest BCUT2D eigenvalue weighted by molar-refractivity contribution is 0.208. The van der Waals surface area contributed by atoms with Gasteiger partial charge in [-0.1, -0.05) is 62.3 Å². The molecule has 0 heterocycles. The molecule has 0 aromatic heterocycles. The van der Waals surface area contributed by atoms with Crippen LogP contribution in [0.1, 0.15) is 51.9 Å². The maximum absolute atomic E-state index is 9.69. The summed E-state index contributed by atoms with van der Waals surface area (Å²) in [4.78, 5) is 0. The van der Waals surface area contributed by atoms with Gasteiger partial charge in [0.15, 0.2) is 0 Å². The molecule has 102 valence electrons. The summed E-state index contributed by atoms with van der Waals surface area (Å²) in [5.74, 6) is 0. The summed E-state index contributed by atoms with van der Waals surface area (Å²) in [5, 5.41) is 9.69. The highest BCUT2D eigenvalue weighted by Gasteiger charge is 1.97. The number of aliphatic hydroxyl groups excluding tert-OH is 1. The molecule has 0 aliphatic rings. The van der Waals surface area contributed by atoms with Crippen molar-refractivity contribution in [3.8, 4) is 0 Å². The highest BCUT2D eigenvalue weighted by atomic mass is 16.3. The molecule has 0 bridgehead atoms. The van der Waals surface area contributed by atoms with Crippen LogP contribution in [0.15, 0.2) is 49.1 Å². The molecule has 0 saturated heterocycles. The second kappa shape index (κ2) is 14.0. The van der Waals surface area contributed by atoms with E-state index in [-0.39, 0.29) is 6.10 Å². The van der Waals surface area contributed by atoms with E-state index in [1.807, 2.05) is 24.3 Å². The second-order valence-electron chi connectivity index (χ2n) is 4.42. The van der Waals surface area contributed by atoms with Crippen molar-refractivity contribution in [2.24, 2.45) is 0 Å². The summed E-state index contributed by atoms with van der Waals surface area (Å²) < 4.78 is 0. The highest BCUT2D eigenvalue weighted by Crippen LogP contribution is 2.06. The quantitative estimate of drug-likeness (QED) is 0.311. The summed E-state index contributed by atoms with van der Waals surface area (Å²) in [6.07, 6.45) is 21.3. The van der Waals surface area contributed by atoms with E-state index in [1.54, 1.807) is 0 Å². The van der Waals surface area contributed by atoms with Gasteiger partial charge >= 0.3 is 0 Å². The minimum atomic E-state index is -0.301. The Labute approximate surface area is 113 Å². The molecule has 0 aliphatic carbocycles. The predicted octanol–water partition coefficient (Wildman–Crippen LogP) is 4.95. The molecule has 18 heavy (non-hydrogen) atoms. The van der Waals surface area contributed by atoms with Gasteiger partial charge in [0.25, 0.3) is 0 Å². The lowest BCUT2D eigenvalue weighted by Gasteiger charge is -2.03. The van der Waals surface area contributed by atoms with Crippen LogP contribution in [0.4, 0.5) is 0 Å². The van der Waals surface area contributed by atoms with E-state index in [1.165, 1.54) is 12.8 Å². The molecule has 0 aliphatic heterocycles. The fourth-order valence-corrected chi connectivity index (χ4v) is 1.61. The third kappa shape index (κ3) is 13.0. The molecular weight excluding hydrogens is 220 g/mol. The second-order valence-corrected chi connectivity index (χ2v) is 4.42. The van der Waals surface area contributed by atoms with Crippen LogP contribution in [0.2, 0.25) is 0 Å². The van der Waals surface area contributed by atoms with Gasteiger partial charge in [-0.2, -0.15) is 0 Å². The fraction of sp³-hybridized carbons (Fsp3) is 0.529. The van der Waals surface area contributed by atoms with E-state index in [9.17, 15) is 5.11 Å². The fourth-order valence-electron chi connectivity index (χ4n) is 1.61. The lowest BCUT2D eigenvalue weighted by Crippen LogP contribution is -2.00. The Morgan fingerprint density at radius 3 is 2.61 bits per heavy atom. The molecule has 0 aromatic rings. The van der Waals surface area contributed by atoms with E-state index in [2.05, 4.69) is 31.7 Å². The Morgan fingerprint density at radius 2 is 1.89 bits per heavy atom. The van der Waals surface area contributed by atoms with Crippen molar-refractivity contribution in [3.63, 3.8) is 0 Å². The van der Waals surface area contributed by atoms with Crippen LogP contribution >= 0.6 is 0 Å². The first-order valence-corrected chi connectivity index (χ1v) is 7.08. The van der Waals surface area contributed by atoms with E-state index >= 15 is 0 Å². The highest BCUT2D eigenvalue weighted by molar-refractivity contribution is 5.06. The largest absolute Gasteiger partial charge is 0.389 e. The molecule has 1 atom stereocenters. The maximum atomic E-state index is 9.69. The van der Waals surface area contributed by atoms with Crippen molar-refractivity contribution < 1.29 is 5.11 Å². The summed E-state index contributed by atoms with van der Waals surface area (Å²) >= 11 is 0. The Bertz CT molecular complexity index is 261. The van der Waals surface area contributed by atoms with Crippen molar-refractivity contribution in [2.75, 3.05) is 0 Å². The number of allylic oxidation sites excluding steroid dienone is 6. The lowest BCUT2D eigenvalue weighted by atomic mass is 10.1. The Balaban J connectivity index is 3.51. The minimum Gasteiger partial charge on any atom is -0.389 e. The smallest absolute Gasteiger partial charge is 0.0723 e. The summed E-state index contributed by atoms with van der Waals surface area (Å²) in [5.41, 5.74) is 0. The molecule has 0 radical (unpaired) electrons. The third-order valence-electron chi connectivity index (χ3n) is 2.66. The summed E-state index contributed by atoms with van der Waals surface area (Å²) in [6.45, 7) is 5.83. The Hall–Kier alpha value is -1.08. The number of hydrogen-bond donors (Lipinski definition) is 1. The molecule has 0 rings (SSSR count). The van der Waals surface area contributed by atoms with Gasteiger partial charge < -0.3 is 5.11 Å². The van der Waals surface area contributed by atoms with E-state index in [4.69, 9.17) is 0 Å². The number of unbranched alkanes of at least 4 members (excludes halogenated alkanes) is 3. The topological polar surface area (TPSA) is 20.2 Å². The molecule has 1 heteroatoms. The molecule has 1 N–H and O–H groups in total. The average molecular weight is 248 g/mol. The molecule has 0 fully saturated rings. The maximum Gasteiger partial charge on any atom is 0.0723 e. The van der Waals surface area contributed by atoms with Crippen molar-refractivity contribution in [1.29, 1.82) is 0 Å². The van der Waals surface area contributed by atoms with Gasteiger partial charge in [0.1, 0.15) is 0 Å². The van der Waals surface area contributed by atoms with Crippen molar-refractivity contribution in [2.45, 2.75) is 58.0 Å². The number of rotatable bonds is 11. The summed E-state index contributed by atoms with van der Waals surface area (Å²) in [6, 6.07) is 0. The van der Waals surface area contributed by atoms with Gasteiger partial charge in [0.05, 0.1) is 6.10 Å². The van der Waals surface area contributed by atoms with Crippen LogP contribution in [-0.2, 0) is 0 Å². The molecule has 0 amide bonds. The molecule has 0 spiro atoms. The van der Waals surface area contributed by atoms with Crippen LogP contribution in [0, 0.1) is 0 Å². The van der Waals surface area contributed by atoms with Crippen LogP contribution in [0.25, 0.3) is 0 Å². The first-order chi connectivity index (χ1) is 8.81. The normalized spacial score (nSPS) is 13.9. The van der Waals surface area contributed by atoms with Gasteiger partial charge in [-0.15, -0.1) is 6.58 Å². The molecule has 0 aromatic carbocycles. The summed E-state index contributed by atoms with van der Waals surface area (Å²) in [7, 11) is 0. The van der Waals surface area contributed by atoms with Crippen LogP contribution < -0.4 is 0 Å². The molecule has 0 saturated carbocycles. The standard InChI is InChI=1S/C17H28O/c1-3-5-7-9-10-12-14-16-17(18)15-13-11-8-6-4-2/h4-5,7,10,12,14,16-18H,2-3,6,8-9,11,13,15H2,1H3/b7-5+,12-10+,16-14+. The van der Waals surface area contributed by atoms with Gasteiger partial charge in [0, 0.05) is 0 Å². The third-order valence-corrected chi connectivity index (χ3v) is 2.66. The predicted molar refractivity (Wildman–Crippen MR) is 81.6 cm³/mol. The Morgan fingerprint density at radius 1 is 1.06 bits per heavy atom. The number of aliphatic hydroxyl groups is 1. The molecular formula is C17H28O. The monoisotopic (exact) mass is 248 g/mol.